The maximum atomic E-state index is 10.9. The zero-order chi connectivity index (χ0) is 11.1. The van der Waals surface area contributed by atoms with Crippen LogP contribution in [0.2, 0.25) is 0 Å². The van der Waals surface area contributed by atoms with Crippen molar-refractivity contribution < 1.29 is 14.7 Å². The van der Waals surface area contributed by atoms with Gasteiger partial charge in [0, 0.05) is 6.42 Å². The molecule has 0 spiro atoms. The Balaban J connectivity index is 4.27. The summed E-state index contributed by atoms with van der Waals surface area (Å²) in [5, 5.41) is 8.92. The molecule has 1 amide bonds. The van der Waals surface area contributed by atoms with Gasteiger partial charge in [-0.25, -0.2) is 0 Å². The van der Waals surface area contributed by atoms with Crippen LogP contribution in [-0.4, -0.2) is 41.0 Å². The highest BCUT2D eigenvalue weighted by molar-refractivity contribution is 5.77. The van der Waals surface area contributed by atoms with Crippen molar-refractivity contribution in [1.82, 2.24) is 4.90 Å². The lowest BCUT2D eigenvalue weighted by atomic mass is 10.1. The van der Waals surface area contributed by atoms with Gasteiger partial charge < -0.3 is 10.8 Å². The van der Waals surface area contributed by atoms with E-state index in [2.05, 4.69) is 0 Å². The van der Waals surface area contributed by atoms with Gasteiger partial charge in [-0.2, -0.15) is 0 Å². The number of amides is 1. The predicted octanol–water partition coefficient (Wildman–Crippen LogP) is 0.0469. The van der Waals surface area contributed by atoms with Crippen molar-refractivity contribution in [3.05, 3.63) is 0 Å². The van der Waals surface area contributed by atoms with Crippen molar-refractivity contribution in [2.75, 3.05) is 13.1 Å². The van der Waals surface area contributed by atoms with E-state index in [0.29, 0.717) is 13.1 Å². The molecule has 0 saturated heterocycles. The second-order valence-electron chi connectivity index (χ2n) is 3.08. The van der Waals surface area contributed by atoms with Gasteiger partial charge in [-0.3, -0.25) is 14.5 Å². The molecule has 0 aliphatic heterocycles. The molecule has 1 unspecified atom stereocenters. The Morgan fingerprint density at radius 2 is 1.86 bits per heavy atom. The molecule has 0 bridgehead atoms. The predicted molar refractivity (Wildman–Crippen MR) is 52.8 cm³/mol. The molecule has 0 aliphatic rings. The van der Waals surface area contributed by atoms with Crippen LogP contribution in [-0.2, 0) is 9.59 Å². The van der Waals surface area contributed by atoms with E-state index in [0.717, 1.165) is 0 Å². The molecule has 0 aromatic rings. The third kappa shape index (κ3) is 4.23. The average Bonchev–Trinajstić information content (AvgIpc) is 2.11. The zero-order valence-electron chi connectivity index (χ0n) is 8.69. The van der Waals surface area contributed by atoms with Crippen LogP contribution < -0.4 is 5.73 Å². The van der Waals surface area contributed by atoms with Crippen LogP contribution in [0.5, 0.6) is 0 Å². The Bertz CT molecular complexity index is 202. The standard InChI is InChI=1S/C9H18N2O3/c1-3-11(4-2)7(9(13)14)5-6-8(10)12/h7H,3-6H2,1-2H3,(H2,10,12)(H,13,14). The van der Waals surface area contributed by atoms with E-state index >= 15 is 0 Å². The molecule has 0 rings (SSSR count). The summed E-state index contributed by atoms with van der Waals surface area (Å²) in [6, 6.07) is -0.600. The van der Waals surface area contributed by atoms with Crippen LogP contribution in [0, 0.1) is 0 Å². The Morgan fingerprint density at radius 1 is 1.36 bits per heavy atom. The molecule has 0 saturated carbocycles. The number of carbonyl (C=O) groups is 2. The number of hydrogen-bond acceptors (Lipinski definition) is 3. The normalized spacial score (nSPS) is 12.8. The summed E-state index contributed by atoms with van der Waals surface area (Å²) in [7, 11) is 0. The van der Waals surface area contributed by atoms with Crippen molar-refractivity contribution in [1.29, 1.82) is 0 Å². The van der Waals surface area contributed by atoms with E-state index in [1.54, 1.807) is 4.90 Å². The van der Waals surface area contributed by atoms with E-state index in [-0.39, 0.29) is 12.8 Å². The van der Waals surface area contributed by atoms with Crippen LogP contribution >= 0.6 is 0 Å². The van der Waals surface area contributed by atoms with Crippen molar-refractivity contribution in [2.24, 2.45) is 5.73 Å². The smallest absolute Gasteiger partial charge is 0.320 e. The van der Waals surface area contributed by atoms with Gasteiger partial charge in [0.15, 0.2) is 0 Å². The fourth-order valence-electron chi connectivity index (χ4n) is 1.41. The highest BCUT2D eigenvalue weighted by Gasteiger charge is 2.23. The summed E-state index contributed by atoms with van der Waals surface area (Å²) in [5.74, 6) is -1.35. The highest BCUT2D eigenvalue weighted by atomic mass is 16.4. The Labute approximate surface area is 83.9 Å². The molecule has 3 N–H and O–H groups in total. The number of nitrogens with two attached hydrogens (primary N) is 1. The van der Waals surface area contributed by atoms with E-state index in [1.165, 1.54) is 0 Å². The largest absolute Gasteiger partial charge is 0.480 e. The van der Waals surface area contributed by atoms with Gasteiger partial charge >= 0.3 is 5.97 Å². The van der Waals surface area contributed by atoms with Crippen LogP contribution in [0.25, 0.3) is 0 Å². The minimum atomic E-state index is -0.894. The van der Waals surface area contributed by atoms with Gasteiger partial charge in [-0.1, -0.05) is 13.8 Å². The average molecular weight is 202 g/mol. The van der Waals surface area contributed by atoms with Crippen molar-refractivity contribution in [3.63, 3.8) is 0 Å². The second-order valence-corrected chi connectivity index (χ2v) is 3.08. The van der Waals surface area contributed by atoms with Crippen LogP contribution in [0.3, 0.4) is 0 Å². The van der Waals surface area contributed by atoms with Gasteiger partial charge in [0.1, 0.15) is 6.04 Å². The minimum absolute atomic E-state index is 0.119. The second kappa shape index (κ2) is 6.37. The summed E-state index contributed by atoms with van der Waals surface area (Å²) < 4.78 is 0. The number of nitrogens with zero attached hydrogens (tertiary/aromatic N) is 1. The molecule has 0 fully saturated rings. The Morgan fingerprint density at radius 3 is 2.14 bits per heavy atom. The van der Waals surface area contributed by atoms with Crippen molar-refractivity contribution in [3.8, 4) is 0 Å². The van der Waals surface area contributed by atoms with Gasteiger partial charge in [0.2, 0.25) is 5.91 Å². The first kappa shape index (κ1) is 12.9. The quantitative estimate of drug-likeness (QED) is 0.611. The van der Waals surface area contributed by atoms with Crippen LogP contribution in [0.4, 0.5) is 0 Å². The number of primary amides is 1. The summed E-state index contributed by atoms with van der Waals surface area (Å²) in [4.78, 5) is 23.2. The van der Waals surface area contributed by atoms with E-state index in [1.807, 2.05) is 13.8 Å². The van der Waals surface area contributed by atoms with Crippen LogP contribution in [0.15, 0.2) is 0 Å². The Hall–Kier alpha value is -1.10. The lowest BCUT2D eigenvalue weighted by Crippen LogP contribution is -2.41. The number of aliphatic carboxylic acids is 1. The SMILES string of the molecule is CCN(CC)C(CCC(N)=O)C(=O)O. The molecular weight excluding hydrogens is 184 g/mol. The molecule has 5 heteroatoms. The first-order valence-corrected chi connectivity index (χ1v) is 4.78. The van der Waals surface area contributed by atoms with Gasteiger partial charge in [0.05, 0.1) is 0 Å². The van der Waals surface area contributed by atoms with E-state index in [4.69, 9.17) is 10.8 Å². The number of carbonyl (C=O) groups excluding carboxylic acids is 1. The molecule has 1 atom stereocenters. The fourth-order valence-corrected chi connectivity index (χ4v) is 1.41. The van der Waals surface area contributed by atoms with Gasteiger partial charge in [-0.15, -0.1) is 0 Å². The van der Waals surface area contributed by atoms with Gasteiger partial charge in [0.25, 0.3) is 0 Å². The summed E-state index contributed by atoms with van der Waals surface area (Å²) in [6.45, 7) is 5.10. The molecular formula is C9H18N2O3. The molecule has 0 aromatic carbocycles. The fraction of sp³-hybridized carbons (Fsp3) is 0.778. The first-order chi connectivity index (χ1) is 6.52. The molecule has 82 valence electrons. The third-order valence-corrected chi connectivity index (χ3v) is 2.20. The molecule has 0 radical (unpaired) electrons. The number of hydrogen-bond donors (Lipinski definition) is 2. The lowest BCUT2D eigenvalue weighted by Gasteiger charge is -2.25. The molecule has 0 heterocycles. The zero-order valence-corrected chi connectivity index (χ0v) is 8.69. The summed E-state index contributed by atoms with van der Waals surface area (Å²) >= 11 is 0. The maximum absolute atomic E-state index is 10.9. The van der Waals surface area contributed by atoms with E-state index < -0.39 is 17.9 Å². The topological polar surface area (TPSA) is 83.6 Å². The maximum Gasteiger partial charge on any atom is 0.320 e. The third-order valence-electron chi connectivity index (χ3n) is 2.20. The number of carboxylic acids is 1. The molecule has 0 aliphatic carbocycles. The number of carboxylic acid groups (broad SMARTS) is 1. The molecule has 5 nitrogen and oxygen atoms in total. The number of likely N-dealkylation sites (N-methyl/N-ethyl adjacent to an activating group) is 1. The van der Waals surface area contributed by atoms with Crippen LogP contribution in [0.1, 0.15) is 26.7 Å². The molecule has 14 heavy (non-hydrogen) atoms. The van der Waals surface area contributed by atoms with Crippen molar-refractivity contribution >= 4 is 11.9 Å². The summed E-state index contributed by atoms with van der Waals surface area (Å²) in [6.07, 6.45) is 0.403. The molecule has 0 aromatic heterocycles. The minimum Gasteiger partial charge on any atom is -0.480 e. The highest BCUT2D eigenvalue weighted by Crippen LogP contribution is 2.06. The number of rotatable bonds is 7. The first-order valence-electron chi connectivity index (χ1n) is 4.78. The van der Waals surface area contributed by atoms with E-state index in [9.17, 15) is 9.59 Å². The Kier molecular flexibility index (Phi) is 5.87. The summed E-state index contributed by atoms with van der Waals surface area (Å²) in [5.41, 5.74) is 4.97. The van der Waals surface area contributed by atoms with Crippen molar-refractivity contribution in [2.45, 2.75) is 32.7 Å². The lowest BCUT2D eigenvalue weighted by molar-refractivity contribution is -0.143. The van der Waals surface area contributed by atoms with Gasteiger partial charge in [-0.05, 0) is 19.5 Å². The monoisotopic (exact) mass is 202 g/mol.